The Morgan fingerprint density at radius 1 is 1.08 bits per heavy atom. The highest BCUT2D eigenvalue weighted by molar-refractivity contribution is 5.91. The molecule has 0 aliphatic heterocycles. The van der Waals surface area contributed by atoms with E-state index in [9.17, 15) is 4.79 Å². The van der Waals surface area contributed by atoms with Gasteiger partial charge in [-0.3, -0.25) is 4.79 Å². The third-order valence-corrected chi connectivity index (χ3v) is 4.05. The van der Waals surface area contributed by atoms with Crippen molar-refractivity contribution in [2.24, 2.45) is 5.73 Å². The molecular formula is C20H22N4O2. The van der Waals surface area contributed by atoms with Gasteiger partial charge in [0.1, 0.15) is 6.26 Å². The van der Waals surface area contributed by atoms with E-state index in [2.05, 4.69) is 10.3 Å². The van der Waals surface area contributed by atoms with Gasteiger partial charge in [-0.25, -0.2) is 4.98 Å². The molecule has 3 aromatic rings. The number of aromatic nitrogens is 1. The summed E-state index contributed by atoms with van der Waals surface area (Å²) in [5.74, 6) is 0.0832. The number of nitrogens with one attached hydrogen (secondary N) is 1. The van der Waals surface area contributed by atoms with Gasteiger partial charge in [-0.1, -0.05) is 42.5 Å². The van der Waals surface area contributed by atoms with Gasteiger partial charge in [0.2, 0.25) is 5.89 Å². The summed E-state index contributed by atoms with van der Waals surface area (Å²) in [6, 6.07) is 17.0. The predicted molar refractivity (Wildman–Crippen MR) is 100 cm³/mol. The minimum atomic E-state index is -0.395. The smallest absolute Gasteiger partial charge is 0.273 e. The molecule has 26 heavy (non-hydrogen) atoms. The number of hydrogen-bond acceptors (Lipinski definition) is 5. The van der Waals surface area contributed by atoms with E-state index < -0.39 is 6.04 Å². The maximum atomic E-state index is 12.2. The average Bonchev–Trinajstić information content (AvgIpc) is 3.15. The van der Waals surface area contributed by atoms with Crippen molar-refractivity contribution in [3.8, 4) is 0 Å². The highest BCUT2D eigenvalue weighted by Crippen LogP contribution is 2.15. The van der Waals surface area contributed by atoms with Gasteiger partial charge in [0, 0.05) is 12.2 Å². The first-order chi connectivity index (χ1) is 12.6. The van der Waals surface area contributed by atoms with Gasteiger partial charge in [-0.15, -0.1) is 0 Å². The SMILES string of the molecule is Nc1ccc(CCNC(=O)c2coc(C(N)Cc3ccccc3)n2)cc1. The molecule has 1 amide bonds. The summed E-state index contributed by atoms with van der Waals surface area (Å²) in [4.78, 5) is 16.4. The normalized spacial score (nSPS) is 11.9. The molecule has 1 heterocycles. The van der Waals surface area contributed by atoms with Crippen LogP contribution in [0.15, 0.2) is 65.3 Å². The van der Waals surface area contributed by atoms with E-state index in [4.69, 9.17) is 15.9 Å². The minimum absolute atomic E-state index is 0.237. The molecule has 0 radical (unpaired) electrons. The Bertz CT molecular complexity index is 844. The molecule has 5 N–H and O–H groups in total. The van der Waals surface area contributed by atoms with Crippen molar-refractivity contribution in [3.63, 3.8) is 0 Å². The summed E-state index contributed by atoms with van der Waals surface area (Å²) in [6.07, 6.45) is 2.66. The number of nitrogens with zero attached hydrogens (tertiary/aromatic N) is 1. The monoisotopic (exact) mass is 350 g/mol. The second-order valence-electron chi connectivity index (χ2n) is 6.11. The van der Waals surface area contributed by atoms with Gasteiger partial charge in [-0.2, -0.15) is 0 Å². The molecule has 1 atom stereocenters. The van der Waals surface area contributed by atoms with Crippen LogP contribution in [0.2, 0.25) is 0 Å². The maximum Gasteiger partial charge on any atom is 0.273 e. The zero-order valence-corrected chi connectivity index (χ0v) is 14.4. The van der Waals surface area contributed by atoms with Crippen LogP contribution >= 0.6 is 0 Å². The van der Waals surface area contributed by atoms with Gasteiger partial charge in [0.15, 0.2) is 5.69 Å². The van der Waals surface area contributed by atoms with Gasteiger partial charge in [0.25, 0.3) is 5.91 Å². The fourth-order valence-corrected chi connectivity index (χ4v) is 2.61. The number of oxazole rings is 1. The average molecular weight is 350 g/mol. The number of hydrogen-bond donors (Lipinski definition) is 3. The van der Waals surface area contributed by atoms with E-state index in [1.165, 1.54) is 6.26 Å². The van der Waals surface area contributed by atoms with Crippen molar-refractivity contribution >= 4 is 11.6 Å². The van der Waals surface area contributed by atoms with Gasteiger partial charge in [-0.05, 0) is 36.1 Å². The quantitative estimate of drug-likeness (QED) is 0.567. The Kier molecular flexibility index (Phi) is 5.66. The summed E-state index contributed by atoms with van der Waals surface area (Å²) in [7, 11) is 0. The number of nitrogen functional groups attached to an aromatic ring is 1. The van der Waals surface area contributed by atoms with E-state index >= 15 is 0 Å². The lowest BCUT2D eigenvalue weighted by Crippen LogP contribution is -2.26. The van der Waals surface area contributed by atoms with Crippen LogP contribution in [0, 0.1) is 0 Å². The second kappa shape index (κ2) is 8.31. The number of nitrogens with two attached hydrogens (primary N) is 2. The topological polar surface area (TPSA) is 107 Å². The lowest BCUT2D eigenvalue weighted by atomic mass is 10.1. The van der Waals surface area contributed by atoms with Crippen LogP contribution in [-0.2, 0) is 12.8 Å². The van der Waals surface area contributed by atoms with Gasteiger partial charge in [0.05, 0.1) is 6.04 Å². The molecule has 0 saturated heterocycles. The summed E-state index contributed by atoms with van der Waals surface area (Å²) in [5, 5.41) is 2.83. The molecule has 1 unspecified atom stereocenters. The molecule has 134 valence electrons. The molecule has 6 heteroatoms. The maximum absolute atomic E-state index is 12.2. The first-order valence-electron chi connectivity index (χ1n) is 8.49. The van der Waals surface area contributed by atoms with E-state index in [1.54, 1.807) is 0 Å². The Hall–Kier alpha value is -3.12. The van der Waals surface area contributed by atoms with Crippen molar-refractivity contribution in [3.05, 3.63) is 83.6 Å². The van der Waals surface area contributed by atoms with Crippen molar-refractivity contribution in [2.45, 2.75) is 18.9 Å². The highest BCUT2D eigenvalue weighted by atomic mass is 16.3. The molecule has 0 aliphatic carbocycles. The molecule has 0 bridgehead atoms. The zero-order chi connectivity index (χ0) is 18.4. The van der Waals surface area contributed by atoms with Crippen molar-refractivity contribution in [2.75, 3.05) is 12.3 Å². The first-order valence-corrected chi connectivity index (χ1v) is 8.49. The molecule has 0 aliphatic rings. The van der Waals surface area contributed by atoms with E-state index in [-0.39, 0.29) is 11.6 Å². The van der Waals surface area contributed by atoms with Gasteiger partial charge < -0.3 is 21.2 Å². The number of benzene rings is 2. The van der Waals surface area contributed by atoms with Crippen LogP contribution in [0.25, 0.3) is 0 Å². The third-order valence-electron chi connectivity index (χ3n) is 4.05. The molecular weight excluding hydrogens is 328 g/mol. The highest BCUT2D eigenvalue weighted by Gasteiger charge is 2.17. The molecule has 2 aromatic carbocycles. The van der Waals surface area contributed by atoms with Crippen LogP contribution in [-0.4, -0.2) is 17.4 Å². The van der Waals surface area contributed by atoms with Crippen molar-refractivity contribution in [1.29, 1.82) is 0 Å². The fraction of sp³-hybridized carbons (Fsp3) is 0.200. The van der Waals surface area contributed by atoms with E-state index in [0.717, 1.165) is 16.8 Å². The number of rotatable bonds is 7. The van der Waals surface area contributed by atoms with Crippen molar-refractivity contribution in [1.82, 2.24) is 10.3 Å². The van der Waals surface area contributed by atoms with Crippen LogP contribution in [0.3, 0.4) is 0 Å². The Morgan fingerprint density at radius 2 is 1.81 bits per heavy atom. The summed E-state index contributed by atoms with van der Waals surface area (Å²) < 4.78 is 5.39. The summed E-state index contributed by atoms with van der Waals surface area (Å²) in [6.45, 7) is 0.501. The first kappa shape index (κ1) is 17.7. The van der Waals surface area contributed by atoms with Crippen LogP contribution in [0.4, 0.5) is 5.69 Å². The lowest BCUT2D eigenvalue weighted by molar-refractivity contribution is 0.0949. The number of anilines is 1. The minimum Gasteiger partial charge on any atom is -0.446 e. The number of amides is 1. The van der Waals surface area contributed by atoms with Crippen LogP contribution in [0.5, 0.6) is 0 Å². The Balaban J connectivity index is 1.51. The zero-order valence-electron chi connectivity index (χ0n) is 14.4. The van der Waals surface area contributed by atoms with E-state index in [1.807, 2.05) is 54.6 Å². The molecule has 6 nitrogen and oxygen atoms in total. The second-order valence-corrected chi connectivity index (χ2v) is 6.11. The summed E-state index contributed by atoms with van der Waals surface area (Å²) in [5.41, 5.74) is 14.9. The molecule has 3 rings (SSSR count). The molecule has 1 aromatic heterocycles. The molecule has 0 fully saturated rings. The standard InChI is InChI=1S/C20H22N4O2/c21-16-8-6-14(7-9-16)10-11-23-19(25)18-13-26-20(24-18)17(22)12-15-4-2-1-3-5-15/h1-9,13,17H,10-12,21-22H2,(H,23,25). The largest absolute Gasteiger partial charge is 0.446 e. The van der Waals surface area contributed by atoms with Crippen molar-refractivity contribution < 1.29 is 9.21 Å². The fourth-order valence-electron chi connectivity index (χ4n) is 2.61. The summed E-state index contributed by atoms with van der Waals surface area (Å²) >= 11 is 0. The third kappa shape index (κ3) is 4.70. The van der Waals surface area contributed by atoms with Crippen LogP contribution < -0.4 is 16.8 Å². The van der Waals surface area contributed by atoms with Gasteiger partial charge >= 0.3 is 0 Å². The lowest BCUT2D eigenvalue weighted by Gasteiger charge is -2.07. The molecule has 0 spiro atoms. The predicted octanol–water partition coefficient (Wildman–Crippen LogP) is 2.47. The Morgan fingerprint density at radius 3 is 2.54 bits per heavy atom. The van der Waals surface area contributed by atoms with E-state index in [0.29, 0.717) is 25.3 Å². The van der Waals surface area contributed by atoms with Crippen LogP contribution in [0.1, 0.15) is 33.5 Å². The number of carbonyl (C=O) groups excluding carboxylic acids is 1. The Labute approximate surface area is 152 Å². The number of carbonyl (C=O) groups is 1. The molecule has 0 saturated carbocycles.